The number of aromatic carboxylic acids is 1. The summed E-state index contributed by atoms with van der Waals surface area (Å²) in [6, 6.07) is 6.97. The van der Waals surface area contributed by atoms with Crippen molar-refractivity contribution in [2.75, 3.05) is 7.11 Å². The number of hydrogen-bond donors (Lipinski definition) is 1. The predicted octanol–water partition coefficient (Wildman–Crippen LogP) is 0.939. The first-order valence-electron chi connectivity index (χ1n) is 5.08. The number of methoxy groups -OCH3 is 1. The maximum absolute atomic E-state index is 11.2. The molecular weight excluding hydrogens is 236 g/mol. The molecule has 2 rings (SSSR count). The molecule has 1 aromatic heterocycles. The van der Waals surface area contributed by atoms with Crippen molar-refractivity contribution in [3.63, 3.8) is 0 Å². The monoisotopic (exact) mass is 246 g/mol. The molecule has 0 aliphatic carbocycles. The van der Waals surface area contributed by atoms with Gasteiger partial charge in [0.1, 0.15) is 17.6 Å². The molecule has 0 radical (unpaired) electrons. The Labute approximate surface area is 102 Å². The zero-order valence-corrected chi connectivity index (χ0v) is 9.53. The van der Waals surface area contributed by atoms with Gasteiger partial charge in [0.05, 0.1) is 12.8 Å². The first-order valence-corrected chi connectivity index (χ1v) is 5.08. The van der Waals surface area contributed by atoms with E-state index in [1.165, 1.54) is 24.2 Å². The summed E-state index contributed by atoms with van der Waals surface area (Å²) in [5.41, 5.74) is -0.480. The molecule has 2 aromatic rings. The van der Waals surface area contributed by atoms with Crippen molar-refractivity contribution < 1.29 is 14.6 Å². The zero-order chi connectivity index (χ0) is 13.1. The third-order valence-corrected chi connectivity index (χ3v) is 2.38. The molecule has 6 heteroatoms. The second kappa shape index (κ2) is 4.70. The van der Waals surface area contributed by atoms with Crippen molar-refractivity contribution in [1.82, 2.24) is 9.55 Å². The second-order valence-corrected chi connectivity index (χ2v) is 3.51. The molecule has 0 atom stereocenters. The molecule has 0 fully saturated rings. The van der Waals surface area contributed by atoms with Crippen molar-refractivity contribution in [3.05, 3.63) is 52.7 Å². The summed E-state index contributed by atoms with van der Waals surface area (Å²) in [5.74, 6) is -0.673. The van der Waals surface area contributed by atoms with Gasteiger partial charge in [0.2, 0.25) is 0 Å². The average Bonchev–Trinajstić information content (AvgIpc) is 2.39. The molecule has 0 saturated carbocycles. The van der Waals surface area contributed by atoms with Crippen LogP contribution in [0, 0.1) is 0 Å². The summed E-state index contributed by atoms with van der Waals surface area (Å²) in [4.78, 5) is 25.6. The Morgan fingerprint density at radius 2 is 2.22 bits per heavy atom. The highest BCUT2D eigenvalue weighted by Crippen LogP contribution is 2.15. The first-order chi connectivity index (χ1) is 8.61. The minimum absolute atomic E-state index is 0.375. The standard InChI is InChI=1S/C12H10N2O4/c1-18-9-4-2-3-8(5-9)14-6-10(12(16)17)11(15)13-7-14/h2-7H,1H3,(H,16,17). The molecule has 0 unspecified atom stereocenters. The maximum Gasteiger partial charge on any atom is 0.342 e. The fourth-order valence-electron chi connectivity index (χ4n) is 1.47. The Balaban J connectivity index is 2.54. The molecule has 0 spiro atoms. The molecule has 0 bridgehead atoms. The lowest BCUT2D eigenvalue weighted by atomic mass is 10.3. The number of nitrogens with zero attached hydrogens (tertiary/aromatic N) is 2. The van der Waals surface area contributed by atoms with Crippen LogP contribution in [0.1, 0.15) is 10.4 Å². The van der Waals surface area contributed by atoms with E-state index in [2.05, 4.69) is 4.98 Å². The molecule has 6 nitrogen and oxygen atoms in total. The minimum atomic E-state index is -1.30. The van der Waals surface area contributed by atoms with Crippen LogP contribution in [-0.4, -0.2) is 27.7 Å². The van der Waals surface area contributed by atoms with E-state index < -0.39 is 11.5 Å². The Bertz CT molecular complexity index is 649. The number of benzene rings is 1. The number of rotatable bonds is 3. The molecule has 0 aliphatic rings. The number of carboxylic acid groups (broad SMARTS) is 1. The first kappa shape index (κ1) is 11.8. The van der Waals surface area contributed by atoms with Gasteiger partial charge >= 0.3 is 5.97 Å². The molecular formula is C12H10N2O4. The van der Waals surface area contributed by atoms with E-state index in [1.54, 1.807) is 24.3 Å². The molecule has 92 valence electrons. The van der Waals surface area contributed by atoms with Crippen molar-refractivity contribution >= 4 is 5.97 Å². The topological polar surface area (TPSA) is 81.4 Å². The largest absolute Gasteiger partial charge is 0.497 e. The van der Waals surface area contributed by atoms with Gasteiger partial charge in [-0.1, -0.05) is 6.07 Å². The van der Waals surface area contributed by atoms with Crippen LogP contribution < -0.4 is 10.3 Å². The number of hydrogen-bond acceptors (Lipinski definition) is 4. The van der Waals surface area contributed by atoms with Crippen LogP contribution in [0.25, 0.3) is 5.69 Å². The zero-order valence-electron chi connectivity index (χ0n) is 9.53. The molecule has 1 aromatic carbocycles. The lowest BCUT2D eigenvalue weighted by Gasteiger charge is -2.07. The van der Waals surface area contributed by atoms with Crippen LogP contribution in [0.3, 0.4) is 0 Å². The van der Waals surface area contributed by atoms with Crippen LogP contribution in [0.4, 0.5) is 0 Å². The van der Waals surface area contributed by atoms with Crippen molar-refractivity contribution in [1.29, 1.82) is 0 Å². The fourth-order valence-corrected chi connectivity index (χ4v) is 1.47. The molecule has 18 heavy (non-hydrogen) atoms. The Kier molecular flexibility index (Phi) is 3.09. The SMILES string of the molecule is COc1cccc(-n2cnc(=O)c(C(=O)O)c2)c1. The molecule has 1 heterocycles. The Morgan fingerprint density at radius 1 is 1.44 bits per heavy atom. The van der Waals surface area contributed by atoms with E-state index in [1.807, 2.05) is 0 Å². The summed E-state index contributed by atoms with van der Waals surface area (Å²) in [7, 11) is 1.53. The van der Waals surface area contributed by atoms with Crippen molar-refractivity contribution in [2.24, 2.45) is 0 Å². The third kappa shape index (κ3) is 2.22. The average molecular weight is 246 g/mol. The number of carboxylic acids is 1. The molecule has 0 aliphatic heterocycles. The highest BCUT2D eigenvalue weighted by molar-refractivity contribution is 5.86. The van der Waals surface area contributed by atoms with Crippen molar-refractivity contribution in [3.8, 4) is 11.4 Å². The van der Waals surface area contributed by atoms with Gasteiger partial charge in [-0.3, -0.25) is 4.79 Å². The highest BCUT2D eigenvalue weighted by Gasteiger charge is 2.10. The third-order valence-electron chi connectivity index (χ3n) is 2.38. The number of ether oxygens (including phenoxy) is 1. The lowest BCUT2D eigenvalue weighted by Crippen LogP contribution is -2.19. The van der Waals surface area contributed by atoms with Crippen LogP contribution in [0.15, 0.2) is 41.6 Å². The number of carbonyl (C=O) groups is 1. The Hall–Kier alpha value is -2.63. The van der Waals surface area contributed by atoms with Crippen LogP contribution in [0.5, 0.6) is 5.75 Å². The van der Waals surface area contributed by atoms with Gasteiger partial charge in [-0.2, -0.15) is 4.98 Å². The van der Waals surface area contributed by atoms with Crippen LogP contribution in [-0.2, 0) is 0 Å². The lowest BCUT2D eigenvalue weighted by molar-refractivity contribution is 0.0694. The van der Waals surface area contributed by atoms with Crippen molar-refractivity contribution in [2.45, 2.75) is 0 Å². The van der Waals surface area contributed by atoms with Gasteiger partial charge in [0, 0.05) is 12.3 Å². The summed E-state index contributed by atoms with van der Waals surface area (Å²) in [5, 5.41) is 8.86. The molecule has 1 N–H and O–H groups in total. The summed E-state index contributed by atoms with van der Waals surface area (Å²) in [6.45, 7) is 0. The van der Waals surface area contributed by atoms with Crippen LogP contribution >= 0.6 is 0 Å². The quantitative estimate of drug-likeness (QED) is 0.871. The van der Waals surface area contributed by atoms with E-state index in [0.717, 1.165) is 0 Å². The van der Waals surface area contributed by atoms with E-state index in [4.69, 9.17) is 9.84 Å². The van der Waals surface area contributed by atoms with Gasteiger partial charge in [-0.15, -0.1) is 0 Å². The van der Waals surface area contributed by atoms with Gasteiger partial charge in [-0.25, -0.2) is 4.79 Å². The Morgan fingerprint density at radius 3 is 2.89 bits per heavy atom. The molecule has 0 saturated heterocycles. The van der Waals surface area contributed by atoms with E-state index in [0.29, 0.717) is 11.4 Å². The van der Waals surface area contributed by atoms with Gasteiger partial charge in [-0.05, 0) is 12.1 Å². The maximum atomic E-state index is 11.2. The fraction of sp³-hybridized carbons (Fsp3) is 0.0833. The van der Waals surface area contributed by atoms with E-state index >= 15 is 0 Å². The van der Waals surface area contributed by atoms with E-state index in [-0.39, 0.29) is 5.56 Å². The minimum Gasteiger partial charge on any atom is -0.497 e. The predicted molar refractivity (Wildman–Crippen MR) is 63.3 cm³/mol. The smallest absolute Gasteiger partial charge is 0.342 e. The van der Waals surface area contributed by atoms with E-state index in [9.17, 15) is 9.59 Å². The van der Waals surface area contributed by atoms with Gasteiger partial charge in [0.15, 0.2) is 0 Å². The second-order valence-electron chi connectivity index (χ2n) is 3.51. The molecule has 0 amide bonds. The number of aromatic nitrogens is 2. The summed E-state index contributed by atoms with van der Waals surface area (Å²) in [6.07, 6.45) is 2.50. The normalized spacial score (nSPS) is 10.1. The van der Waals surface area contributed by atoms with Gasteiger partial charge in [0.25, 0.3) is 5.56 Å². The summed E-state index contributed by atoms with van der Waals surface area (Å²) < 4.78 is 6.52. The van der Waals surface area contributed by atoms with Gasteiger partial charge < -0.3 is 14.4 Å². The summed E-state index contributed by atoms with van der Waals surface area (Å²) >= 11 is 0. The van der Waals surface area contributed by atoms with Crippen LogP contribution in [0.2, 0.25) is 0 Å². The highest BCUT2D eigenvalue weighted by atomic mass is 16.5.